The highest BCUT2D eigenvalue weighted by molar-refractivity contribution is 5.95. The van der Waals surface area contributed by atoms with Gasteiger partial charge < -0.3 is 15.0 Å². The first-order valence-corrected chi connectivity index (χ1v) is 28.1. The molecule has 6 nitrogen and oxygen atoms in total. The van der Waals surface area contributed by atoms with E-state index in [1.807, 2.05) is 42.6 Å². The third-order valence-electron chi connectivity index (χ3n) is 14.4. The average Bonchev–Trinajstić information content (AvgIpc) is 4.14. The van der Waals surface area contributed by atoms with Crippen LogP contribution in [0.4, 0.5) is 0 Å². The Bertz CT molecular complexity index is 2690. The summed E-state index contributed by atoms with van der Waals surface area (Å²) in [6, 6.07) is 25.1. The maximum Gasteiger partial charge on any atom is 0.179 e. The van der Waals surface area contributed by atoms with Crippen molar-refractivity contribution >= 4 is 17.3 Å². The molecule has 0 fully saturated rings. The Morgan fingerprint density at radius 1 is 0.373 bits per heavy atom. The monoisotopic (exact) mass is 1020 g/mol. The molecule has 0 unspecified atom stereocenters. The van der Waals surface area contributed by atoms with Crippen molar-refractivity contribution in [3.8, 4) is 0 Å². The van der Waals surface area contributed by atoms with Gasteiger partial charge in [0.25, 0.3) is 0 Å². The molecule has 3 aromatic carbocycles. The number of benzene rings is 3. The molecule has 6 heteroatoms. The summed E-state index contributed by atoms with van der Waals surface area (Å²) in [5.74, 6) is 0.539. The number of H-pyrrole nitrogens is 3. The molecule has 0 saturated carbocycles. The Morgan fingerprint density at radius 3 is 0.840 bits per heavy atom. The number of carbonyl (C=O) groups excluding carboxylic acids is 3. The lowest BCUT2D eigenvalue weighted by Gasteiger charge is -2.31. The number of carbonyl (C=O) groups is 3. The van der Waals surface area contributed by atoms with Gasteiger partial charge in [0.2, 0.25) is 0 Å². The highest BCUT2D eigenvalue weighted by Gasteiger charge is 2.29. The number of aryl methyl sites for hydroxylation is 3. The minimum Gasteiger partial charge on any atom is -0.359 e. The van der Waals surface area contributed by atoms with Gasteiger partial charge >= 0.3 is 0 Å². The van der Waals surface area contributed by atoms with E-state index in [2.05, 4.69) is 197 Å². The fraction of sp³-hybridized carbons (Fsp3) is 0.522. The lowest BCUT2D eigenvalue weighted by atomic mass is 9.74. The van der Waals surface area contributed by atoms with Gasteiger partial charge in [-0.3, -0.25) is 14.4 Å². The molecule has 0 radical (unpaired) electrons. The largest absolute Gasteiger partial charge is 0.359 e. The molecule has 6 aromatic rings. The zero-order valence-corrected chi connectivity index (χ0v) is 50.7. The van der Waals surface area contributed by atoms with Crippen LogP contribution < -0.4 is 0 Å². The van der Waals surface area contributed by atoms with Gasteiger partial charge in [0.15, 0.2) is 17.3 Å². The number of ketones is 3. The van der Waals surface area contributed by atoms with E-state index < -0.39 is 0 Å². The molecule has 0 bridgehead atoms. The molecule has 408 valence electrons. The average molecular weight is 1020 g/mol. The number of Topliss-reactive ketones (excluding diaryl/α,β-unsaturated/α-hetero) is 3. The zero-order valence-electron chi connectivity index (χ0n) is 50.7. The number of nitrogens with one attached hydrogen (secondary N) is 3. The second kappa shape index (κ2) is 25.1. The van der Waals surface area contributed by atoms with Gasteiger partial charge in [-0.05, 0) is 175 Å². The molecule has 3 aromatic heterocycles. The van der Waals surface area contributed by atoms with E-state index in [1.165, 1.54) is 66.8 Å². The summed E-state index contributed by atoms with van der Waals surface area (Å²) in [6.45, 7) is 47.7. The van der Waals surface area contributed by atoms with Crippen molar-refractivity contribution in [3.05, 3.63) is 175 Å². The van der Waals surface area contributed by atoms with Gasteiger partial charge in [0, 0.05) is 37.9 Å². The second-order valence-electron chi connectivity index (χ2n) is 27.3. The first-order valence-electron chi connectivity index (χ1n) is 28.1. The third kappa shape index (κ3) is 17.5. The van der Waals surface area contributed by atoms with Gasteiger partial charge in [-0.25, -0.2) is 0 Å². The maximum atomic E-state index is 12.4. The van der Waals surface area contributed by atoms with Crippen LogP contribution in [0.25, 0.3) is 0 Å². The molecule has 0 saturated heterocycles. The summed E-state index contributed by atoms with van der Waals surface area (Å²) in [5.41, 5.74) is 19.4. The van der Waals surface area contributed by atoms with E-state index in [9.17, 15) is 14.4 Å². The topological polar surface area (TPSA) is 98.6 Å². The first-order chi connectivity index (χ1) is 34.6. The zero-order chi connectivity index (χ0) is 56.5. The Hall–Kier alpha value is -5.49. The molecule has 0 aliphatic carbocycles. The fourth-order valence-corrected chi connectivity index (χ4v) is 10.5. The van der Waals surface area contributed by atoms with Crippen LogP contribution in [0.5, 0.6) is 0 Å². The highest BCUT2D eigenvalue weighted by atomic mass is 16.1. The highest BCUT2D eigenvalue weighted by Crippen LogP contribution is 2.39. The van der Waals surface area contributed by atoms with Crippen molar-refractivity contribution < 1.29 is 14.4 Å². The lowest BCUT2D eigenvalue weighted by molar-refractivity contribution is 0.0971. The molecular formula is C69H99N3O3. The lowest BCUT2D eigenvalue weighted by Crippen LogP contribution is -2.22. The van der Waals surface area contributed by atoms with Crippen LogP contribution >= 0.6 is 0 Å². The molecule has 3 heterocycles. The van der Waals surface area contributed by atoms with Gasteiger partial charge in [-0.2, -0.15) is 0 Å². The van der Waals surface area contributed by atoms with E-state index in [0.29, 0.717) is 36.3 Å². The van der Waals surface area contributed by atoms with Crippen LogP contribution in [-0.4, -0.2) is 32.3 Å². The van der Waals surface area contributed by atoms with Crippen LogP contribution in [0.1, 0.15) is 262 Å². The van der Waals surface area contributed by atoms with Crippen LogP contribution in [0.3, 0.4) is 0 Å². The molecule has 3 N–H and O–H groups in total. The van der Waals surface area contributed by atoms with Crippen LogP contribution in [0, 0.1) is 6.92 Å². The van der Waals surface area contributed by atoms with Crippen molar-refractivity contribution in [1.29, 1.82) is 0 Å². The number of hydrogen-bond acceptors (Lipinski definition) is 3. The Morgan fingerprint density at radius 2 is 0.627 bits per heavy atom. The molecular weight excluding hydrogens is 919 g/mol. The number of aromatic nitrogens is 3. The van der Waals surface area contributed by atoms with Crippen LogP contribution in [0.2, 0.25) is 0 Å². The molecule has 6 rings (SSSR count). The Kier molecular flexibility index (Phi) is 20.8. The molecule has 0 aliphatic rings. The SMILES string of the molecule is CCCc1c(C(C)(C)C)cc(CCC(=O)c2ccc[nH]2)cc1C(C)(C)C.CCc1c(C(C)(C)C)cc(CCC(=O)c2ccc[nH]2)cc1C(C)(C)C.Cc1c(C(C)(C)C)cc(CCC(=O)c2ccc[nH]2)cc1C(C)(C)C. The van der Waals surface area contributed by atoms with Gasteiger partial charge in [0.05, 0.1) is 17.1 Å². The van der Waals surface area contributed by atoms with E-state index in [0.717, 1.165) is 38.5 Å². The van der Waals surface area contributed by atoms with Crippen molar-refractivity contribution in [3.63, 3.8) is 0 Å². The predicted molar refractivity (Wildman–Crippen MR) is 320 cm³/mol. The van der Waals surface area contributed by atoms with Crippen molar-refractivity contribution in [2.45, 2.75) is 236 Å². The number of hydrogen-bond donors (Lipinski definition) is 3. The minimum absolute atomic E-state index is 0.101. The summed E-state index contributed by atoms with van der Waals surface area (Å²) in [6.07, 6.45) is 12.7. The first kappa shape index (κ1) is 62.1. The van der Waals surface area contributed by atoms with Gasteiger partial charge in [-0.1, -0.05) is 181 Å². The maximum absolute atomic E-state index is 12.4. The van der Waals surface area contributed by atoms with E-state index >= 15 is 0 Å². The molecule has 0 amide bonds. The molecule has 0 aliphatic heterocycles. The smallest absolute Gasteiger partial charge is 0.179 e. The van der Waals surface area contributed by atoms with Crippen LogP contribution in [0.15, 0.2) is 91.4 Å². The normalized spacial score (nSPS) is 12.4. The van der Waals surface area contributed by atoms with Crippen molar-refractivity contribution in [2.24, 2.45) is 0 Å². The molecule has 0 spiro atoms. The van der Waals surface area contributed by atoms with Crippen molar-refractivity contribution in [1.82, 2.24) is 15.0 Å². The summed E-state index contributed by atoms with van der Waals surface area (Å²) in [7, 11) is 0. The van der Waals surface area contributed by atoms with Crippen molar-refractivity contribution in [2.75, 3.05) is 0 Å². The van der Waals surface area contributed by atoms with Crippen LogP contribution in [-0.2, 0) is 64.6 Å². The quantitative estimate of drug-likeness (QED) is 0.0894. The van der Waals surface area contributed by atoms with E-state index in [1.54, 1.807) is 12.4 Å². The Labute approximate surface area is 455 Å². The molecule has 0 atom stereocenters. The van der Waals surface area contributed by atoms with Gasteiger partial charge in [-0.15, -0.1) is 0 Å². The Balaban J connectivity index is 0.000000244. The van der Waals surface area contributed by atoms with E-state index in [-0.39, 0.29) is 49.8 Å². The minimum atomic E-state index is 0.101. The summed E-state index contributed by atoms with van der Waals surface area (Å²) in [4.78, 5) is 46.0. The third-order valence-corrected chi connectivity index (χ3v) is 14.4. The van der Waals surface area contributed by atoms with Gasteiger partial charge in [0.1, 0.15) is 0 Å². The standard InChI is InChI=1S/C24H35NO.C23H33NO.C22H31NO/c1-8-10-18-19(23(2,3)4)15-17(16-20(18)24(5,6)7)12-13-22(26)21-11-9-14-25-21;1-8-17-18(22(2,3)4)14-16(15-19(17)23(5,6)7)11-12-21(25)20-10-9-13-24-20;1-15-17(21(2,3)4)13-16(14-18(15)22(5,6)7)10-11-20(24)19-9-8-12-23-19/h9,11,14-16,25H,8,10,12-13H2,1-7H3;9-10,13-15,24H,8,11-12H2,1-7H3;8-9,12-14,23H,10-11H2,1-7H3. The fourth-order valence-electron chi connectivity index (χ4n) is 10.5. The number of rotatable bonds is 15. The predicted octanol–water partition coefficient (Wildman–Crippen LogP) is 18.1. The molecule has 75 heavy (non-hydrogen) atoms. The van der Waals surface area contributed by atoms with E-state index in [4.69, 9.17) is 0 Å². The summed E-state index contributed by atoms with van der Waals surface area (Å²) < 4.78 is 0. The number of aromatic amines is 3. The summed E-state index contributed by atoms with van der Waals surface area (Å²) >= 11 is 0. The summed E-state index contributed by atoms with van der Waals surface area (Å²) in [5, 5.41) is 0. The second-order valence-corrected chi connectivity index (χ2v) is 27.3.